The first-order valence-corrected chi connectivity index (χ1v) is 8.35. The van der Waals surface area contributed by atoms with Gasteiger partial charge in [0.05, 0.1) is 5.69 Å². The fraction of sp³-hybridized carbons (Fsp3) is 0.474. The Labute approximate surface area is 138 Å². The molecule has 4 nitrogen and oxygen atoms in total. The maximum Gasteiger partial charge on any atom is 0.125 e. The van der Waals surface area contributed by atoms with Gasteiger partial charge in [0.1, 0.15) is 17.7 Å². The second-order valence-corrected chi connectivity index (χ2v) is 6.46. The average molecular weight is 311 g/mol. The van der Waals surface area contributed by atoms with Crippen molar-refractivity contribution >= 4 is 0 Å². The Morgan fingerprint density at radius 2 is 1.91 bits per heavy atom. The molecule has 0 radical (unpaired) electrons. The van der Waals surface area contributed by atoms with E-state index < -0.39 is 0 Å². The molecule has 0 spiro atoms. The quantitative estimate of drug-likeness (QED) is 0.867. The number of likely N-dealkylation sites (tertiary alicyclic amines) is 1. The third-order valence-electron chi connectivity index (χ3n) is 4.39. The highest BCUT2D eigenvalue weighted by Gasteiger charge is 2.21. The zero-order valence-electron chi connectivity index (χ0n) is 14.2. The van der Waals surface area contributed by atoms with E-state index in [1.165, 1.54) is 11.1 Å². The predicted octanol–water partition coefficient (Wildman–Crippen LogP) is 3.45. The minimum absolute atomic E-state index is 0.318. The van der Waals surface area contributed by atoms with Gasteiger partial charge in [0.2, 0.25) is 0 Å². The molecule has 1 fully saturated rings. The van der Waals surface area contributed by atoms with Gasteiger partial charge in [-0.3, -0.25) is 4.90 Å². The number of piperidine rings is 1. The Morgan fingerprint density at radius 3 is 2.65 bits per heavy atom. The molecule has 0 unspecified atom stereocenters. The summed E-state index contributed by atoms with van der Waals surface area (Å²) in [5, 5.41) is 0. The number of ether oxygens (including phenoxy) is 1. The van der Waals surface area contributed by atoms with Gasteiger partial charge in [0.15, 0.2) is 0 Å². The Kier molecular flexibility index (Phi) is 4.91. The molecule has 0 bridgehead atoms. The number of benzene rings is 1. The van der Waals surface area contributed by atoms with Crippen molar-refractivity contribution in [1.82, 2.24) is 14.9 Å². The molecular weight excluding hydrogens is 286 g/mol. The first-order chi connectivity index (χ1) is 11.1. The first-order valence-electron chi connectivity index (χ1n) is 8.35. The smallest absolute Gasteiger partial charge is 0.125 e. The van der Waals surface area contributed by atoms with E-state index in [9.17, 15) is 0 Å². The highest BCUT2D eigenvalue weighted by molar-refractivity contribution is 5.36. The molecule has 1 aliphatic heterocycles. The third-order valence-corrected chi connectivity index (χ3v) is 4.39. The van der Waals surface area contributed by atoms with Crippen molar-refractivity contribution in [3.63, 3.8) is 0 Å². The van der Waals surface area contributed by atoms with Crippen molar-refractivity contribution in [2.24, 2.45) is 0 Å². The van der Waals surface area contributed by atoms with Gasteiger partial charge in [-0.1, -0.05) is 12.1 Å². The molecule has 0 saturated carbocycles. The van der Waals surface area contributed by atoms with Crippen LogP contribution in [0.15, 0.2) is 30.5 Å². The third kappa shape index (κ3) is 4.29. The Hall–Kier alpha value is -1.94. The molecule has 1 aromatic heterocycles. The number of hydrogen-bond acceptors (Lipinski definition) is 4. The zero-order valence-corrected chi connectivity index (χ0v) is 14.2. The monoisotopic (exact) mass is 311 g/mol. The summed E-state index contributed by atoms with van der Waals surface area (Å²) >= 11 is 0. The van der Waals surface area contributed by atoms with Crippen LogP contribution in [0.2, 0.25) is 0 Å². The van der Waals surface area contributed by atoms with Gasteiger partial charge in [0, 0.05) is 25.8 Å². The molecule has 0 aliphatic carbocycles. The molecule has 122 valence electrons. The minimum atomic E-state index is 0.318. The van der Waals surface area contributed by atoms with E-state index in [1.54, 1.807) is 0 Å². The van der Waals surface area contributed by atoms with Crippen LogP contribution >= 0.6 is 0 Å². The largest absolute Gasteiger partial charge is 0.490 e. The lowest BCUT2D eigenvalue weighted by Crippen LogP contribution is -2.38. The van der Waals surface area contributed by atoms with E-state index in [4.69, 9.17) is 4.74 Å². The maximum absolute atomic E-state index is 6.23. The van der Waals surface area contributed by atoms with E-state index >= 15 is 0 Å². The minimum Gasteiger partial charge on any atom is -0.490 e. The van der Waals surface area contributed by atoms with Gasteiger partial charge in [0.25, 0.3) is 0 Å². The fourth-order valence-corrected chi connectivity index (χ4v) is 3.02. The maximum atomic E-state index is 6.23. The van der Waals surface area contributed by atoms with Crippen molar-refractivity contribution in [1.29, 1.82) is 0 Å². The molecule has 0 amide bonds. The van der Waals surface area contributed by atoms with Crippen LogP contribution in [0.1, 0.15) is 35.5 Å². The highest BCUT2D eigenvalue weighted by atomic mass is 16.5. The van der Waals surface area contributed by atoms with Crippen LogP contribution in [0.3, 0.4) is 0 Å². The second-order valence-electron chi connectivity index (χ2n) is 6.46. The molecule has 0 N–H and O–H groups in total. The predicted molar refractivity (Wildman–Crippen MR) is 91.6 cm³/mol. The lowest BCUT2D eigenvalue weighted by molar-refractivity contribution is 0.0955. The van der Waals surface area contributed by atoms with E-state index in [0.29, 0.717) is 6.10 Å². The Bertz CT molecular complexity index is 663. The summed E-state index contributed by atoms with van der Waals surface area (Å²) in [6, 6.07) is 8.42. The second kappa shape index (κ2) is 7.09. The van der Waals surface area contributed by atoms with Gasteiger partial charge >= 0.3 is 0 Å². The number of nitrogens with zero attached hydrogens (tertiary/aromatic N) is 3. The number of hydrogen-bond donors (Lipinski definition) is 0. The molecule has 3 rings (SSSR count). The summed E-state index contributed by atoms with van der Waals surface area (Å²) in [6.45, 7) is 9.17. The SMILES string of the molecule is Cc1ccc(C)c(OC2CCN(Cc3ccnc(C)n3)CC2)c1. The van der Waals surface area contributed by atoms with Crippen molar-refractivity contribution in [3.8, 4) is 5.75 Å². The van der Waals surface area contributed by atoms with Gasteiger partial charge in [-0.15, -0.1) is 0 Å². The zero-order chi connectivity index (χ0) is 16.2. The standard InChI is InChI=1S/C19H25N3O/c1-14-4-5-15(2)19(12-14)23-18-7-10-22(11-8-18)13-17-6-9-20-16(3)21-17/h4-6,9,12,18H,7-8,10-11,13H2,1-3H3. The van der Waals surface area contributed by atoms with Crippen molar-refractivity contribution in [3.05, 3.63) is 53.1 Å². The molecular formula is C19H25N3O. The van der Waals surface area contributed by atoms with Crippen LogP contribution in [0, 0.1) is 20.8 Å². The van der Waals surface area contributed by atoms with E-state index in [1.807, 2.05) is 19.2 Å². The van der Waals surface area contributed by atoms with E-state index in [0.717, 1.165) is 49.7 Å². The normalized spacial score (nSPS) is 16.5. The van der Waals surface area contributed by atoms with Crippen molar-refractivity contribution in [2.45, 2.75) is 46.3 Å². The molecule has 4 heteroatoms. The van der Waals surface area contributed by atoms with Crippen LogP contribution in [0.25, 0.3) is 0 Å². The van der Waals surface area contributed by atoms with Crippen LogP contribution in [-0.2, 0) is 6.54 Å². The van der Waals surface area contributed by atoms with Crippen LogP contribution in [0.5, 0.6) is 5.75 Å². The fourth-order valence-electron chi connectivity index (χ4n) is 3.02. The number of rotatable bonds is 4. The van der Waals surface area contributed by atoms with Crippen LogP contribution in [-0.4, -0.2) is 34.1 Å². The summed E-state index contributed by atoms with van der Waals surface area (Å²) in [5.74, 6) is 1.88. The molecule has 1 aromatic carbocycles. The van der Waals surface area contributed by atoms with Gasteiger partial charge in [-0.2, -0.15) is 0 Å². The Morgan fingerprint density at radius 1 is 1.13 bits per heavy atom. The topological polar surface area (TPSA) is 38.2 Å². The number of aryl methyl sites for hydroxylation is 3. The lowest BCUT2D eigenvalue weighted by Gasteiger charge is -2.32. The summed E-state index contributed by atoms with van der Waals surface area (Å²) in [7, 11) is 0. The molecule has 2 aromatic rings. The Balaban J connectivity index is 1.53. The van der Waals surface area contributed by atoms with Gasteiger partial charge in [-0.25, -0.2) is 9.97 Å². The van der Waals surface area contributed by atoms with Crippen LogP contribution in [0.4, 0.5) is 0 Å². The molecule has 23 heavy (non-hydrogen) atoms. The average Bonchev–Trinajstić information content (AvgIpc) is 2.53. The molecule has 0 atom stereocenters. The highest BCUT2D eigenvalue weighted by Crippen LogP contribution is 2.24. The lowest BCUT2D eigenvalue weighted by atomic mass is 10.1. The first kappa shape index (κ1) is 15.9. The summed E-state index contributed by atoms with van der Waals surface area (Å²) in [5.41, 5.74) is 3.57. The summed E-state index contributed by atoms with van der Waals surface area (Å²) in [6.07, 6.45) is 4.29. The molecule has 2 heterocycles. The number of aromatic nitrogens is 2. The molecule has 1 saturated heterocycles. The molecule has 1 aliphatic rings. The summed E-state index contributed by atoms with van der Waals surface area (Å²) in [4.78, 5) is 11.1. The van der Waals surface area contributed by atoms with Gasteiger partial charge < -0.3 is 4.74 Å². The van der Waals surface area contributed by atoms with Crippen molar-refractivity contribution < 1.29 is 4.74 Å². The van der Waals surface area contributed by atoms with Gasteiger partial charge in [-0.05, 0) is 56.9 Å². The van der Waals surface area contributed by atoms with Crippen LogP contribution < -0.4 is 4.74 Å². The van der Waals surface area contributed by atoms with E-state index in [-0.39, 0.29) is 0 Å². The van der Waals surface area contributed by atoms with Crippen molar-refractivity contribution in [2.75, 3.05) is 13.1 Å². The van der Waals surface area contributed by atoms with E-state index in [2.05, 4.69) is 46.9 Å². The summed E-state index contributed by atoms with van der Waals surface area (Å²) < 4.78 is 6.23.